The molecule has 2 aromatic rings. The van der Waals surface area contributed by atoms with Gasteiger partial charge < -0.3 is 24.8 Å². The van der Waals surface area contributed by atoms with E-state index < -0.39 is 42.8 Å². The Balaban J connectivity index is 2.20. The molecule has 0 aliphatic heterocycles. The summed E-state index contributed by atoms with van der Waals surface area (Å²) in [6, 6.07) is 15.4. The first-order chi connectivity index (χ1) is 12.9. The molecule has 2 atom stereocenters. The van der Waals surface area contributed by atoms with Crippen molar-refractivity contribution in [3.63, 3.8) is 0 Å². The van der Waals surface area contributed by atoms with Crippen molar-refractivity contribution in [3.8, 4) is 0 Å². The summed E-state index contributed by atoms with van der Waals surface area (Å²) < 4.78 is 10.1. The molecule has 0 heterocycles. The highest BCUT2D eigenvalue weighted by Crippen LogP contribution is 2.16. The van der Waals surface area contributed by atoms with Gasteiger partial charge in [0.15, 0.2) is 12.4 Å². The average Bonchev–Trinajstić information content (AvgIpc) is 2.66. The second kappa shape index (κ2) is 9.46. The van der Waals surface area contributed by atoms with Crippen molar-refractivity contribution in [1.29, 1.82) is 0 Å². The molecule has 0 amide bonds. The summed E-state index contributed by atoms with van der Waals surface area (Å²) >= 11 is 0. The van der Waals surface area contributed by atoms with E-state index in [0.29, 0.717) is 0 Å². The molecule has 0 saturated carbocycles. The van der Waals surface area contributed by atoms with Crippen LogP contribution in [0.4, 0.5) is 0 Å². The highest BCUT2D eigenvalue weighted by molar-refractivity contribution is 5.92. The fourth-order valence-electron chi connectivity index (χ4n) is 2.26. The minimum Gasteiger partial charge on any atom is -0.478 e. The maximum atomic E-state index is 12.2. The summed E-state index contributed by atoms with van der Waals surface area (Å²) in [6.07, 6.45) is -6.16. The molecule has 27 heavy (non-hydrogen) atoms. The molecule has 3 N–H and O–H groups in total. The number of aliphatic hydroxyl groups excluding tert-OH is 1. The number of ether oxygens (including phenoxy) is 2. The summed E-state index contributed by atoms with van der Waals surface area (Å²) in [6.45, 7) is 0. The Kier molecular flexibility index (Phi) is 7.04. The highest BCUT2D eigenvalue weighted by Gasteiger charge is 2.36. The lowest BCUT2D eigenvalue weighted by atomic mass is 10.1. The standard InChI is InChI=1S/C19H18O8/c20-15(21)11-14(26-18(24)12-7-3-1-4-8-12)16(17(22)23)27-19(25)13-9-5-2-6-10-13/h1-10,14-16,20-21H,11H2,(H,22,23)/t14-,16+/m1/s1. The third-order valence-corrected chi connectivity index (χ3v) is 3.54. The highest BCUT2D eigenvalue weighted by atomic mass is 16.6. The molecule has 8 heteroatoms. The van der Waals surface area contributed by atoms with E-state index in [9.17, 15) is 29.7 Å². The Hall–Kier alpha value is -3.23. The molecule has 0 aromatic heterocycles. The Morgan fingerprint density at radius 2 is 1.22 bits per heavy atom. The van der Waals surface area contributed by atoms with E-state index in [-0.39, 0.29) is 11.1 Å². The molecule has 0 spiro atoms. The first-order valence-corrected chi connectivity index (χ1v) is 7.99. The summed E-state index contributed by atoms with van der Waals surface area (Å²) in [5.74, 6) is -3.43. The summed E-state index contributed by atoms with van der Waals surface area (Å²) in [5.41, 5.74) is 0.231. The molecular weight excluding hydrogens is 356 g/mol. The van der Waals surface area contributed by atoms with Gasteiger partial charge in [-0.2, -0.15) is 0 Å². The summed E-state index contributed by atoms with van der Waals surface area (Å²) in [5, 5.41) is 27.8. The zero-order valence-corrected chi connectivity index (χ0v) is 14.1. The number of rotatable bonds is 8. The van der Waals surface area contributed by atoms with Gasteiger partial charge in [0.2, 0.25) is 6.10 Å². The van der Waals surface area contributed by atoms with Gasteiger partial charge in [-0.05, 0) is 24.3 Å². The van der Waals surface area contributed by atoms with Crippen LogP contribution in [0.3, 0.4) is 0 Å². The molecule has 0 aliphatic carbocycles. The number of carboxylic acids is 1. The SMILES string of the molecule is O=C(O[C@H](C(=O)O)[C@@H](CC(O)O)OC(=O)c1ccccc1)c1ccccc1. The van der Waals surface area contributed by atoms with Gasteiger partial charge >= 0.3 is 17.9 Å². The lowest BCUT2D eigenvalue weighted by Gasteiger charge is -2.24. The zero-order chi connectivity index (χ0) is 19.8. The van der Waals surface area contributed by atoms with Gasteiger partial charge in [0, 0.05) is 6.42 Å². The normalized spacial score (nSPS) is 12.9. The molecule has 2 aromatic carbocycles. The van der Waals surface area contributed by atoms with Gasteiger partial charge in [0.25, 0.3) is 0 Å². The van der Waals surface area contributed by atoms with Crippen LogP contribution in [0.25, 0.3) is 0 Å². The first-order valence-electron chi connectivity index (χ1n) is 7.99. The number of benzene rings is 2. The Bertz CT molecular complexity index is 773. The summed E-state index contributed by atoms with van der Waals surface area (Å²) in [7, 11) is 0. The Morgan fingerprint density at radius 3 is 1.63 bits per heavy atom. The Labute approximate surface area is 154 Å². The third kappa shape index (κ3) is 5.91. The Morgan fingerprint density at radius 1 is 0.778 bits per heavy atom. The van der Waals surface area contributed by atoms with Crippen LogP contribution in [0.1, 0.15) is 27.1 Å². The second-order valence-electron chi connectivity index (χ2n) is 5.56. The predicted molar refractivity (Wildman–Crippen MR) is 91.8 cm³/mol. The predicted octanol–water partition coefficient (Wildman–Crippen LogP) is 1.22. The van der Waals surface area contributed by atoms with Gasteiger partial charge in [-0.1, -0.05) is 36.4 Å². The van der Waals surface area contributed by atoms with Gasteiger partial charge in [-0.3, -0.25) is 0 Å². The molecule has 8 nitrogen and oxygen atoms in total. The second-order valence-corrected chi connectivity index (χ2v) is 5.56. The number of carbonyl (C=O) groups is 3. The van der Waals surface area contributed by atoms with Gasteiger partial charge in [0.1, 0.15) is 0 Å². The lowest BCUT2D eigenvalue weighted by Crippen LogP contribution is -2.43. The van der Waals surface area contributed by atoms with Crippen LogP contribution in [0, 0.1) is 0 Å². The van der Waals surface area contributed by atoms with Crippen LogP contribution in [-0.4, -0.2) is 51.7 Å². The average molecular weight is 374 g/mol. The number of carboxylic acid groups (broad SMARTS) is 1. The molecule has 0 radical (unpaired) electrons. The van der Waals surface area contributed by atoms with E-state index in [4.69, 9.17) is 9.47 Å². The maximum absolute atomic E-state index is 12.2. The smallest absolute Gasteiger partial charge is 0.349 e. The largest absolute Gasteiger partial charge is 0.478 e. The number of esters is 2. The molecule has 0 bridgehead atoms. The monoisotopic (exact) mass is 374 g/mol. The zero-order valence-electron chi connectivity index (χ0n) is 14.1. The molecule has 0 unspecified atom stereocenters. The van der Waals surface area contributed by atoms with Crippen molar-refractivity contribution < 1.29 is 39.2 Å². The van der Waals surface area contributed by atoms with Crippen molar-refractivity contribution in [2.75, 3.05) is 0 Å². The van der Waals surface area contributed by atoms with Crippen molar-refractivity contribution in [3.05, 3.63) is 71.8 Å². The molecule has 0 aliphatic rings. The third-order valence-electron chi connectivity index (χ3n) is 3.54. The van der Waals surface area contributed by atoms with E-state index in [0.717, 1.165) is 0 Å². The minimum absolute atomic E-state index is 0.0985. The van der Waals surface area contributed by atoms with Crippen LogP contribution < -0.4 is 0 Å². The van der Waals surface area contributed by atoms with E-state index in [1.807, 2.05) is 0 Å². The van der Waals surface area contributed by atoms with Crippen LogP contribution in [0.2, 0.25) is 0 Å². The quantitative estimate of drug-likeness (QED) is 0.464. The van der Waals surface area contributed by atoms with Crippen molar-refractivity contribution in [2.24, 2.45) is 0 Å². The van der Waals surface area contributed by atoms with E-state index in [2.05, 4.69) is 0 Å². The minimum atomic E-state index is -1.98. The first kappa shape index (κ1) is 20.1. The van der Waals surface area contributed by atoms with Crippen LogP contribution in [-0.2, 0) is 14.3 Å². The van der Waals surface area contributed by atoms with Crippen LogP contribution >= 0.6 is 0 Å². The molecular formula is C19H18O8. The van der Waals surface area contributed by atoms with Crippen molar-refractivity contribution in [1.82, 2.24) is 0 Å². The van der Waals surface area contributed by atoms with E-state index in [1.54, 1.807) is 36.4 Å². The van der Waals surface area contributed by atoms with Crippen LogP contribution in [0.15, 0.2) is 60.7 Å². The van der Waals surface area contributed by atoms with Gasteiger partial charge in [-0.25, -0.2) is 14.4 Å². The maximum Gasteiger partial charge on any atom is 0.349 e. The summed E-state index contributed by atoms with van der Waals surface area (Å²) in [4.78, 5) is 35.9. The number of carbonyl (C=O) groups excluding carboxylic acids is 2. The molecule has 0 fully saturated rings. The molecule has 0 saturated heterocycles. The molecule has 142 valence electrons. The fraction of sp³-hybridized carbons (Fsp3) is 0.211. The number of hydrogen-bond donors (Lipinski definition) is 3. The topological polar surface area (TPSA) is 130 Å². The molecule has 2 rings (SSSR count). The van der Waals surface area contributed by atoms with Gasteiger partial charge in [0.05, 0.1) is 11.1 Å². The van der Waals surface area contributed by atoms with Crippen molar-refractivity contribution >= 4 is 17.9 Å². The van der Waals surface area contributed by atoms with E-state index >= 15 is 0 Å². The number of hydrogen-bond acceptors (Lipinski definition) is 7. The number of aliphatic carboxylic acids is 1. The lowest BCUT2D eigenvalue weighted by molar-refractivity contribution is -0.158. The fourth-order valence-corrected chi connectivity index (χ4v) is 2.26. The van der Waals surface area contributed by atoms with E-state index in [1.165, 1.54) is 24.3 Å². The van der Waals surface area contributed by atoms with Gasteiger partial charge in [-0.15, -0.1) is 0 Å². The number of aliphatic hydroxyl groups is 2. The van der Waals surface area contributed by atoms with Crippen molar-refractivity contribution in [2.45, 2.75) is 24.9 Å². The van der Waals surface area contributed by atoms with Crippen LogP contribution in [0.5, 0.6) is 0 Å².